The van der Waals surface area contributed by atoms with Crippen LogP contribution in [0.1, 0.15) is 31.7 Å². The summed E-state index contributed by atoms with van der Waals surface area (Å²) in [5, 5.41) is 0. The minimum atomic E-state index is -0.0173. The Morgan fingerprint density at radius 1 is 1.26 bits per heavy atom. The van der Waals surface area contributed by atoms with Crippen molar-refractivity contribution in [2.24, 2.45) is 5.92 Å². The zero-order valence-corrected chi connectivity index (χ0v) is 13.6. The summed E-state index contributed by atoms with van der Waals surface area (Å²) in [6.45, 7) is 5.43. The number of anilines is 1. The minimum absolute atomic E-state index is 0.0121. The van der Waals surface area contributed by atoms with Crippen LogP contribution in [0.4, 0.5) is 5.95 Å². The maximum atomic E-state index is 12.7. The highest BCUT2D eigenvalue weighted by Crippen LogP contribution is 2.34. The second kappa shape index (κ2) is 6.07. The average molecular weight is 316 g/mol. The number of hydrogen-bond acceptors (Lipinski definition) is 5. The molecule has 23 heavy (non-hydrogen) atoms. The first-order chi connectivity index (χ1) is 11.2. The van der Waals surface area contributed by atoms with E-state index in [1.165, 1.54) is 0 Å². The quantitative estimate of drug-likeness (QED) is 0.840. The Morgan fingerprint density at radius 3 is 2.70 bits per heavy atom. The third-order valence-corrected chi connectivity index (χ3v) is 5.27. The molecule has 3 unspecified atom stereocenters. The molecule has 3 fully saturated rings. The fourth-order valence-electron chi connectivity index (χ4n) is 3.95. The molecule has 0 aromatic carbocycles. The molecule has 6 nitrogen and oxygen atoms in total. The molecule has 0 spiro atoms. The summed E-state index contributed by atoms with van der Waals surface area (Å²) in [7, 11) is 0. The summed E-state index contributed by atoms with van der Waals surface area (Å²) >= 11 is 0. The highest BCUT2D eigenvalue weighted by Gasteiger charge is 2.46. The van der Waals surface area contributed by atoms with Gasteiger partial charge in [-0.05, 0) is 31.2 Å². The van der Waals surface area contributed by atoms with E-state index in [2.05, 4.69) is 21.8 Å². The Labute approximate surface area is 136 Å². The first-order valence-electron chi connectivity index (χ1n) is 8.74. The summed E-state index contributed by atoms with van der Waals surface area (Å²) in [5.41, 5.74) is 1.15. The molecule has 1 aromatic rings. The van der Waals surface area contributed by atoms with Crippen molar-refractivity contribution in [1.82, 2.24) is 14.9 Å². The van der Waals surface area contributed by atoms with E-state index < -0.39 is 0 Å². The lowest BCUT2D eigenvalue weighted by Gasteiger charge is -2.33. The number of ether oxygens (including phenoxy) is 1. The van der Waals surface area contributed by atoms with Gasteiger partial charge in [-0.15, -0.1) is 0 Å². The van der Waals surface area contributed by atoms with Crippen LogP contribution in [0.3, 0.4) is 0 Å². The number of aryl methyl sites for hydroxylation is 1. The number of amides is 1. The zero-order chi connectivity index (χ0) is 15.8. The number of nitrogens with zero attached hydrogens (tertiary/aromatic N) is 4. The van der Waals surface area contributed by atoms with Crippen molar-refractivity contribution in [3.63, 3.8) is 0 Å². The van der Waals surface area contributed by atoms with Crippen LogP contribution in [-0.4, -0.2) is 59.2 Å². The molecule has 3 aliphatic rings. The van der Waals surface area contributed by atoms with E-state index in [4.69, 9.17) is 4.74 Å². The van der Waals surface area contributed by atoms with E-state index in [1.807, 2.05) is 17.3 Å². The van der Waals surface area contributed by atoms with Crippen LogP contribution in [0.15, 0.2) is 12.4 Å². The molecule has 4 rings (SSSR count). The lowest BCUT2D eigenvalue weighted by molar-refractivity contribution is -0.136. The van der Waals surface area contributed by atoms with E-state index in [-0.39, 0.29) is 18.1 Å². The highest BCUT2D eigenvalue weighted by molar-refractivity contribution is 5.80. The molecule has 3 atom stereocenters. The Bertz CT molecular complexity index is 570. The zero-order valence-electron chi connectivity index (χ0n) is 13.6. The highest BCUT2D eigenvalue weighted by atomic mass is 16.5. The van der Waals surface area contributed by atoms with Gasteiger partial charge in [0.2, 0.25) is 11.9 Å². The number of rotatable bonds is 3. The molecule has 1 aromatic heterocycles. The standard InChI is InChI=1S/C17H24N4O2/c1-2-12-8-18-17(19-9-12)21-10-13-7-14(15(11-21)23-13)16(22)20-5-3-4-6-20/h8-9,13-15H,2-7,10-11H2,1H3. The Balaban J connectivity index is 1.46. The van der Waals surface area contributed by atoms with E-state index in [0.717, 1.165) is 56.8 Å². The fourth-order valence-corrected chi connectivity index (χ4v) is 3.95. The number of carbonyl (C=O) groups is 1. The maximum absolute atomic E-state index is 12.7. The molecular weight excluding hydrogens is 292 g/mol. The van der Waals surface area contributed by atoms with Crippen LogP contribution in [-0.2, 0) is 16.0 Å². The van der Waals surface area contributed by atoms with Gasteiger partial charge in [0.05, 0.1) is 18.1 Å². The number of hydrogen-bond donors (Lipinski definition) is 0. The molecule has 0 radical (unpaired) electrons. The normalized spacial score (nSPS) is 30.0. The summed E-state index contributed by atoms with van der Waals surface area (Å²) in [4.78, 5) is 25.9. The molecule has 0 saturated carbocycles. The molecule has 1 amide bonds. The molecular formula is C17H24N4O2. The SMILES string of the molecule is CCc1cnc(N2CC3CC(C(=O)N4CCCC4)C(C2)O3)nc1. The van der Waals surface area contributed by atoms with Gasteiger partial charge < -0.3 is 14.5 Å². The second-order valence-corrected chi connectivity index (χ2v) is 6.82. The predicted molar refractivity (Wildman–Crippen MR) is 86.2 cm³/mol. The molecule has 3 aliphatic heterocycles. The molecule has 124 valence electrons. The average Bonchev–Trinajstić information content (AvgIpc) is 3.22. The van der Waals surface area contributed by atoms with Crippen LogP contribution in [0.25, 0.3) is 0 Å². The monoisotopic (exact) mass is 316 g/mol. The fraction of sp³-hybridized carbons (Fsp3) is 0.706. The van der Waals surface area contributed by atoms with Crippen molar-refractivity contribution in [2.45, 2.75) is 44.8 Å². The van der Waals surface area contributed by atoms with Crippen LogP contribution in [0.5, 0.6) is 0 Å². The van der Waals surface area contributed by atoms with Crippen LogP contribution in [0, 0.1) is 5.92 Å². The van der Waals surface area contributed by atoms with Crippen molar-refractivity contribution < 1.29 is 9.53 Å². The van der Waals surface area contributed by atoms with Gasteiger partial charge in [-0.25, -0.2) is 9.97 Å². The van der Waals surface area contributed by atoms with Crippen molar-refractivity contribution in [3.8, 4) is 0 Å². The maximum Gasteiger partial charge on any atom is 0.228 e. The van der Waals surface area contributed by atoms with Gasteiger partial charge in [-0.1, -0.05) is 6.92 Å². The third kappa shape index (κ3) is 2.80. The number of carbonyl (C=O) groups excluding carboxylic acids is 1. The lowest BCUT2D eigenvalue weighted by atomic mass is 9.99. The molecule has 0 N–H and O–H groups in total. The van der Waals surface area contributed by atoms with Crippen molar-refractivity contribution >= 4 is 11.9 Å². The van der Waals surface area contributed by atoms with Gasteiger partial charge in [0.1, 0.15) is 0 Å². The largest absolute Gasteiger partial charge is 0.370 e. The van der Waals surface area contributed by atoms with Gasteiger partial charge in [0.15, 0.2) is 0 Å². The summed E-state index contributed by atoms with van der Waals surface area (Å²) in [5.74, 6) is 1.06. The number of morpholine rings is 1. The minimum Gasteiger partial charge on any atom is -0.370 e. The Kier molecular flexibility index (Phi) is 3.93. The van der Waals surface area contributed by atoms with Gasteiger partial charge in [-0.3, -0.25) is 4.79 Å². The van der Waals surface area contributed by atoms with Crippen LogP contribution in [0.2, 0.25) is 0 Å². The number of aromatic nitrogens is 2. The number of likely N-dealkylation sites (tertiary alicyclic amines) is 1. The van der Waals surface area contributed by atoms with Crippen LogP contribution < -0.4 is 4.90 Å². The Morgan fingerprint density at radius 2 is 2.00 bits per heavy atom. The molecule has 3 saturated heterocycles. The summed E-state index contributed by atoms with van der Waals surface area (Å²) < 4.78 is 6.04. The third-order valence-electron chi connectivity index (χ3n) is 5.27. The van der Waals surface area contributed by atoms with Gasteiger partial charge in [-0.2, -0.15) is 0 Å². The first kappa shape index (κ1) is 14.9. The van der Waals surface area contributed by atoms with E-state index in [9.17, 15) is 4.79 Å². The first-order valence-corrected chi connectivity index (χ1v) is 8.74. The molecule has 2 bridgehead atoms. The van der Waals surface area contributed by atoms with Gasteiger partial charge in [0, 0.05) is 38.6 Å². The smallest absolute Gasteiger partial charge is 0.228 e. The predicted octanol–water partition coefficient (Wildman–Crippen LogP) is 1.26. The Hall–Kier alpha value is -1.69. The molecule has 0 aliphatic carbocycles. The summed E-state index contributed by atoms with van der Waals surface area (Å²) in [6.07, 6.45) is 7.95. The summed E-state index contributed by atoms with van der Waals surface area (Å²) in [6, 6.07) is 0. The van der Waals surface area contributed by atoms with Crippen molar-refractivity contribution in [1.29, 1.82) is 0 Å². The van der Waals surface area contributed by atoms with Crippen molar-refractivity contribution in [2.75, 3.05) is 31.1 Å². The van der Waals surface area contributed by atoms with E-state index in [1.54, 1.807) is 0 Å². The van der Waals surface area contributed by atoms with E-state index in [0.29, 0.717) is 12.5 Å². The second-order valence-electron chi connectivity index (χ2n) is 6.82. The van der Waals surface area contributed by atoms with Gasteiger partial charge >= 0.3 is 0 Å². The van der Waals surface area contributed by atoms with Gasteiger partial charge in [0.25, 0.3) is 0 Å². The molecule has 6 heteroatoms. The van der Waals surface area contributed by atoms with Crippen molar-refractivity contribution in [3.05, 3.63) is 18.0 Å². The lowest BCUT2D eigenvalue weighted by Crippen LogP contribution is -2.46. The topological polar surface area (TPSA) is 58.6 Å². The molecule has 4 heterocycles. The van der Waals surface area contributed by atoms with E-state index >= 15 is 0 Å². The number of fused-ring (bicyclic) bond motifs is 2. The van der Waals surface area contributed by atoms with Crippen LogP contribution >= 0.6 is 0 Å².